The van der Waals surface area contributed by atoms with Crippen LogP contribution in [-0.4, -0.2) is 23.8 Å². The van der Waals surface area contributed by atoms with Crippen LogP contribution in [0.25, 0.3) is 11.1 Å². The maximum Gasteiger partial charge on any atom is 0.420 e. The first-order valence-electron chi connectivity index (χ1n) is 6.48. The minimum Gasteiger partial charge on any atom is -0.493 e. The number of pyridine rings is 1. The number of aromatic nitrogens is 2. The van der Waals surface area contributed by atoms with E-state index < -0.39 is 5.76 Å². The molecule has 1 aromatic carbocycles. The molecule has 0 spiro atoms. The molecule has 0 N–H and O–H groups in total. The fraction of sp³-hybridized carbons (Fsp3) is 0.200. The molecule has 0 unspecified atom stereocenters. The molecule has 114 valence electrons. The average Bonchev–Trinajstić information content (AvgIpc) is 2.82. The highest BCUT2D eigenvalue weighted by Gasteiger charge is 2.16. The van der Waals surface area contributed by atoms with E-state index in [1.807, 2.05) is 0 Å². The third kappa shape index (κ3) is 2.42. The zero-order chi connectivity index (χ0) is 15.7. The number of oxazole rings is 1. The number of nitrogens with zero attached hydrogens (tertiary/aromatic N) is 2. The monoisotopic (exact) mass is 320 g/mol. The molecule has 0 aliphatic heterocycles. The molecule has 0 saturated carbocycles. The van der Waals surface area contributed by atoms with E-state index in [-0.39, 0.29) is 6.54 Å². The molecular formula is C15H13ClN2O4. The second-order valence-corrected chi connectivity index (χ2v) is 5.00. The SMILES string of the molecule is COc1ccnc(Cn2c(=O)oc3cc(Cl)ccc32)c1OC. The standard InChI is InChI=1S/C15H13ClN2O4/c1-20-12-5-6-17-10(14(12)21-2)8-18-11-4-3-9(16)7-13(11)22-15(18)19/h3-7H,8H2,1-2H3. The van der Waals surface area contributed by atoms with Gasteiger partial charge in [-0.2, -0.15) is 0 Å². The van der Waals surface area contributed by atoms with E-state index in [0.717, 1.165) is 0 Å². The van der Waals surface area contributed by atoms with Crippen LogP contribution in [0.3, 0.4) is 0 Å². The molecule has 0 aliphatic carbocycles. The lowest BCUT2D eigenvalue weighted by Crippen LogP contribution is -2.16. The zero-order valence-corrected chi connectivity index (χ0v) is 12.8. The van der Waals surface area contributed by atoms with Gasteiger partial charge in [0.25, 0.3) is 0 Å². The lowest BCUT2D eigenvalue weighted by Gasteiger charge is -2.11. The van der Waals surface area contributed by atoms with Gasteiger partial charge in [-0.05, 0) is 12.1 Å². The van der Waals surface area contributed by atoms with Gasteiger partial charge in [0.1, 0.15) is 5.69 Å². The van der Waals surface area contributed by atoms with E-state index in [4.69, 9.17) is 25.5 Å². The smallest absolute Gasteiger partial charge is 0.420 e. The second kappa shape index (κ2) is 5.73. The normalized spacial score (nSPS) is 10.9. The van der Waals surface area contributed by atoms with Gasteiger partial charge in [-0.1, -0.05) is 11.6 Å². The van der Waals surface area contributed by atoms with Crippen LogP contribution in [-0.2, 0) is 6.54 Å². The summed E-state index contributed by atoms with van der Waals surface area (Å²) in [4.78, 5) is 16.3. The van der Waals surface area contributed by atoms with Crippen LogP contribution >= 0.6 is 11.6 Å². The number of ether oxygens (including phenoxy) is 2. The Morgan fingerprint density at radius 1 is 1.27 bits per heavy atom. The van der Waals surface area contributed by atoms with E-state index in [1.165, 1.54) is 11.7 Å². The molecule has 2 aromatic heterocycles. The Bertz CT molecular complexity index is 885. The number of hydrogen-bond acceptors (Lipinski definition) is 5. The highest BCUT2D eigenvalue weighted by atomic mass is 35.5. The van der Waals surface area contributed by atoms with Crippen molar-refractivity contribution in [3.63, 3.8) is 0 Å². The van der Waals surface area contributed by atoms with Crippen LogP contribution in [0, 0.1) is 0 Å². The Hall–Kier alpha value is -2.47. The number of fused-ring (bicyclic) bond motifs is 1. The maximum absolute atomic E-state index is 12.1. The van der Waals surface area contributed by atoms with Crippen LogP contribution in [0.4, 0.5) is 0 Å². The number of hydrogen-bond donors (Lipinski definition) is 0. The fourth-order valence-corrected chi connectivity index (χ4v) is 2.47. The number of benzene rings is 1. The Labute approximate surface area is 130 Å². The van der Waals surface area contributed by atoms with E-state index in [0.29, 0.717) is 33.3 Å². The van der Waals surface area contributed by atoms with Crippen molar-refractivity contribution in [3.05, 3.63) is 51.7 Å². The predicted octanol–water partition coefficient (Wildman–Crippen LogP) is 2.71. The third-order valence-electron chi connectivity index (χ3n) is 3.30. The van der Waals surface area contributed by atoms with Gasteiger partial charge >= 0.3 is 5.76 Å². The molecule has 3 rings (SSSR count). The van der Waals surface area contributed by atoms with Gasteiger partial charge in [0.15, 0.2) is 17.1 Å². The van der Waals surface area contributed by atoms with E-state index in [2.05, 4.69) is 4.98 Å². The summed E-state index contributed by atoms with van der Waals surface area (Å²) in [5, 5.41) is 0.505. The molecule has 0 amide bonds. The molecule has 0 atom stereocenters. The Balaban J connectivity index is 2.11. The van der Waals surface area contributed by atoms with Crippen molar-refractivity contribution in [2.45, 2.75) is 6.54 Å². The van der Waals surface area contributed by atoms with E-state index >= 15 is 0 Å². The van der Waals surface area contributed by atoms with Crippen LogP contribution in [0.5, 0.6) is 11.5 Å². The lowest BCUT2D eigenvalue weighted by atomic mass is 10.2. The molecule has 7 heteroatoms. The first-order valence-corrected chi connectivity index (χ1v) is 6.86. The summed E-state index contributed by atoms with van der Waals surface area (Å²) in [6.45, 7) is 0.202. The summed E-state index contributed by atoms with van der Waals surface area (Å²) >= 11 is 5.91. The maximum atomic E-state index is 12.1. The molecular weight excluding hydrogens is 308 g/mol. The molecule has 0 radical (unpaired) electrons. The molecule has 0 fully saturated rings. The van der Waals surface area contributed by atoms with Crippen molar-refractivity contribution >= 4 is 22.7 Å². The molecule has 0 aliphatic rings. The molecule has 0 bridgehead atoms. The van der Waals surface area contributed by atoms with Crippen LogP contribution in [0.2, 0.25) is 5.02 Å². The van der Waals surface area contributed by atoms with Crippen LogP contribution in [0.15, 0.2) is 39.7 Å². The van der Waals surface area contributed by atoms with E-state index in [9.17, 15) is 4.79 Å². The predicted molar refractivity (Wildman–Crippen MR) is 81.9 cm³/mol. The summed E-state index contributed by atoms with van der Waals surface area (Å²) < 4.78 is 17.2. The van der Waals surface area contributed by atoms with Gasteiger partial charge < -0.3 is 13.9 Å². The summed E-state index contributed by atoms with van der Waals surface area (Å²) in [7, 11) is 3.07. The average molecular weight is 321 g/mol. The Morgan fingerprint density at radius 3 is 2.82 bits per heavy atom. The molecule has 0 saturated heterocycles. The number of rotatable bonds is 4. The van der Waals surface area contributed by atoms with Gasteiger partial charge in [0.05, 0.1) is 26.3 Å². The Kier molecular flexibility index (Phi) is 3.77. The third-order valence-corrected chi connectivity index (χ3v) is 3.54. The highest BCUT2D eigenvalue weighted by molar-refractivity contribution is 6.31. The summed E-state index contributed by atoms with van der Waals surface area (Å²) in [6, 6.07) is 6.73. The molecule has 3 aromatic rings. The quantitative estimate of drug-likeness (QED) is 0.739. The number of halogens is 1. The highest BCUT2D eigenvalue weighted by Crippen LogP contribution is 2.30. The van der Waals surface area contributed by atoms with Gasteiger partial charge in [-0.15, -0.1) is 0 Å². The van der Waals surface area contributed by atoms with Crippen molar-refractivity contribution in [3.8, 4) is 11.5 Å². The van der Waals surface area contributed by atoms with Crippen molar-refractivity contribution in [1.82, 2.24) is 9.55 Å². The van der Waals surface area contributed by atoms with Crippen molar-refractivity contribution < 1.29 is 13.9 Å². The minimum absolute atomic E-state index is 0.202. The Morgan fingerprint density at radius 2 is 2.09 bits per heavy atom. The molecule has 22 heavy (non-hydrogen) atoms. The summed E-state index contributed by atoms with van der Waals surface area (Å²) in [5.74, 6) is 0.556. The van der Waals surface area contributed by atoms with Crippen LogP contribution in [0.1, 0.15) is 5.69 Å². The molecule has 2 heterocycles. The van der Waals surface area contributed by atoms with Gasteiger partial charge in [0.2, 0.25) is 0 Å². The summed E-state index contributed by atoms with van der Waals surface area (Å²) in [5.41, 5.74) is 1.64. The van der Waals surface area contributed by atoms with Gasteiger partial charge in [-0.25, -0.2) is 4.79 Å². The first kappa shape index (κ1) is 14.5. The lowest BCUT2D eigenvalue weighted by molar-refractivity contribution is 0.348. The topological polar surface area (TPSA) is 66.5 Å². The number of methoxy groups -OCH3 is 2. The van der Waals surface area contributed by atoms with Gasteiger partial charge in [0, 0.05) is 23.4 Å². The molecule has 6 nitrogen and oxygen atoms in total. The van der Waals surface area contributed by atoms with Gasteiger partial charge in [-0.3, -0.25) is 9.55 Å². The van der Waals surface area contributed by atoms with Crippen LogP contribution < -0.4 is 15.2 Å². The fourth-order valence-electron chi connectivity index (χ4n) is 2.30. The first-order chi connectivity index (χ1) is 10.6. The van der Waals surface area contributed by atoms with Crippen molar-refractivity contribution in [2.24, 2.45) is 0 Å². The summed E-state index contributed by atoms with van der Waals surface area (Å²) in [6.07, 6.45) is 1.60. The minimum atomic E-state index is -0.482. The van der Waals surface area contributed by atoms with Crippen molar-refractivity contribution in [1.29, 1.82) is 0 Å². The van der Waals surface area contributed by atoms with Crippen molar-refractivity contribution in [2.75, 3.05) is 14.2 Å². The largest absolute Gasteiger partial charge is 0.493 e. The second-order valence-electron chi connectivity index (χ2n) is 4.56. The zero-order valence-electron chi connectivity index (χ0n) is 12.0. The van der Waals surface area contributed by atoms with E-state index in [1.54, 1.807) is 37.6 Å².